The molecular weight excluding hydrogens is 451 g/mol. The minimum absolute atomic E-state index is 0.0735. The zero-order valence-corrected chi connectivity index (χ0v) is 17.3. The minimum Gasteiger partial charge on any atom is -0.380 e. The van der Waals surface area contributed by atoms with Crippen LogP contribution < -0.4 is 5.32 Å². The highest BCUT2D eigenvalue weighted by Crippen LogP contribution is 2.26. The van der Waals surface area contributed by atoms with E-state index in [0.717, 1.165) is 28.7 Å². The lowest BCUT2D eigenvalue weighted by molar-refractivity contribution is 0.0954. The zero-order valence-electron chi connectivity index (χ0n) is 15.1. The summed E-state index contributed by atoms with van der Waals surface area (Å²) in [6.07, 6.45) is 4.30. The number of carbonyl (C=O) groups excluding carboxylic acids is 1. The van der Waals surface area contributed by atoms with Gasteiger partial charge in [-0.05, 0) is 87.7 Å². The number of carbonyl (C=O) groups is 1. The maximum Gasteiger partial charge on any atom is 0.251 e. The standard InChI is InChI=1S/C22H21IN2O2/c1-27-15-19-14-18(4-7-21(19)17-2-5-20(23)6-3-17)22(26)25-13-10-16-8-11-24-12-9-16/h2-9,11-12,14H,10,13,15H2,1H3,(H,25,26). The van der Waals surface area contributed by atoms with Gasteiger partial charge in [0.2, 0.25) is 0 Å². The van der Waals surface area contributed by atoms with Crippen molar-refractivity contribution in [2.24, 2.45) is 0 Å². The van der Waals surface area contributed by atoms with Gasteiger partial charge < -0.3 is 10.1 Å². The molecule has 1 amide bonds. The fourth-order valence-electron chi connectivity index (χ4n) is 2.89. The SMILES string of the molecule is COCc1cc(C(=O)NCCc2ccncc2)ccc1-c1ccc(I)cc1. The molecule has 1 heterocycles. The Morgan fingerprint density at radius 3 is 2.52 bits per heavy atom. The Balaban J connectivity index is 1.72. The zero-order chi connectivity index (χ0) is 19.1. The summed E-state index contributed by atoms with van der Waals surface area (Å²) in [4.78, 5) is 16.5. The third kappa shape index (κ3) is 5.37. The smallest absolute Gasteiger partial charge is 0.251 e. The van der Waals surface area contributed by atoms with E-state index in [1.54, 1.807) is 19.5 Å². The number of nitrogens with zero attached hydrogens (tertiary/aromatic N) is 1. The van der Waals surface area contributed by atoms with Crippen LogP contribution in [0.15, 0.2) is 67.0 Å². The van der Waals surface area contributed by atoms with Gasteiger partial charge in [-0.25, -0.2) is 0 Å². The van der Waals surface area contributed by atoms with Gasteiger partial charge in [0.05, 0.1) is 6.61 Å². The number of benzene rings is 2. The van der Waals surface area contributed by atoms with Crippen molar-refractivity contribution in [2.45, 2.75) is 13.0 Å². The minimum atomic E-state index is -0.0735. The number of amides is 1. The summed E-state index contributed by atoms with van der Waals surface area (Å²) in [5.74, 6) is -0.0735. The van der Waals surface area contributed by atoms with E-state index in [9.17, 15) is 4.79 Å². The van der Waals surface area contributed by atoms with Crippen LogP contribution in [0.3, 0.4) is 0 Å². The van der Waals surface area contributed by atoms with Crippen molar-refractivity contribution >= 4 is 28.5 Å². The number of methoxy groups -OCH3 is 1. The Morgan fingerprint density at radius 1 is 1.07 bits per heavy atom. The van der Waals surface area contributed by atoms with Crippen molar-refractivity contribution in [3.8, 4) is 11.1 Å². The number of halogens is 1. The molecule has 0 aliphatic rings. The molecule has 0 aliphatic heterocycles. The summed E-state index contributed by atoms with van der Waals surface area (Å²) < 4.78 is 6.54. The molecule has 0 fully saturated rings. The molecule has 0 unspecified atom stereocenters. The lowest BCUT2D eigenvalue weighted by Crippen LogP contribution is -2.25. The first-order valence-corrected chi connectivity index (χ1v) is 9.80. The number of nitrogens with one attached hydrogen (secondary N) is 1. The van der Waals surface area contributed by atoms with E-state index in [2.05, 4.69) is 57.2 Å². The average molecular weight is 472 g/mol. The van der Waals surface area contributed by atoms with Gasteiger partial charge in [-0.3, -0.25) is 9.78 Å². The molecule has 5 heteroatoms. The fourth-order valence-corrected chi connectivity index (χ4v) is 3.25. The first-order valence-electron chi connectivity index (χ1n) is 8.72. The van der Waals surface area contributed by atoms with E-state index in [0.29, 0.717) is 18.7 Å². The Hall–Kier alpha value is -2.25. The molecule has 3 aromatic rings. The largest absolute Gasteiger partial charge is 0.380 e. The van der Waals surface area contributed by atoms with Gasteiger partial charge in [0.25, 0.3) is 5.91 Å². The van der Waals surface area contributed by atoms with Gasteiger partial charge in [0.15, 0.2) is 0 Å². The van der Waals surface area contributed by atoms with Crippen LogP contribution >= 0.6 is 22.6 Å². The quantitative estimate of drug-likeness (QED) is 0.517. The van der Waals surface area contributed by atoms with Crippen molar-refractivity contribution in [1.82, 2.24) is 10.3 Å². The Morgan fingerprint density at radius 2 is 1.81 bits per heavy atom. The molecule has 0 bridgehead atoms. The van der Waals surface area contributed by atoms with Gasteiger partial charge in [-0.2, -0.15) is 0 Å². The Kier molecular flexibility index (Phi) is 6.95. The van der Waals surface area contributed by atoms with Gasteiger partial charge in [-0.1, -0.05) is 18.2 Å². The van der Waals surface area contributed by atoms with Gasteiger partial charge in [0, 0.05) is 35.2 Å². The third-order valence-corrected chi connectivity index (χ3v) is 4.99. The number of pyridine rings is 1. The van der Waals surface area contributed by atoms with Gasteiger partial charge in [0.1, 0.15) is 0 Å². The van der Waals surface area contributed by atoms with Crippen molar-refractivity contribution < 1.29 is 9.53 Å². The molecular formula is C22H21IN2O2. The fraction of sp³-hybridized carbons (Fsp3) is 0.182. The number of hydrogen-bond donors (Lipinski definition) is 1. The molecule has 27 heavy (non-hydrogen) atoms. The molecule has 0 spiro atoms. The van der Waals surface area contributed by atoms with Gasteiger partial charge >= 0.3 is 0 Å². The molecule has 138 valence electrons. The van der Waals surface area contributed by atoms with Crippen LogP contribution in [-0.4, -0.2) is 24.5 Å². The van der Waals surface area contributed by atoms with E-state index in [1.807, 2.05) is 30.3 Å². The molecule has 0 saturated heterocycles. The first kappa shape index (κ1) is 19.5. The maximum atomic E-state index is 12.5. The summed E-state index contributed by atoms with van der Waals surface area (Å²) >= 11 is 2.29. The van der Waals surface area contributed by atoms with Crippen LogP contribution in [0.4, 0.5) is 0 Å². The van der Waals surface area contributed by atoms with Crippen LogP contribution in [-0.2, 0) is 17.8 Å². The third-order valence-electron chi connectivity index (χ3n) is 4.27. The molecule has 0 atom stereocenters. The molecule has 0 aliphatic carbocycles. The normalized spacial score (nSPS) is 10.6. The number of aromatic nitrogens is 1. The summed E-state index contributed by atoms with van der Waals surface area (Å²) in [6, 6.07) is 18.0. The Labute approximate surface area is 173 Å². The van der Waals surface area contributed by atoms with Crippen molar-refractivity contribution in [2.75, 3.05) is 13.7 Å². The van der Waals surface area contributed by atoms with E-state index in [4.69, 9.17) is 4.74 Å². The molecule has 0 radical (unpaired) electrons. The van der Waals surface area contributed by atoms with Crippen molar-refractivity contribution in [1.29, 1.82) is 0 Å². The second kappa shape index (κ2) is 9.62. The van der Waals surface area contributed by atoms with Crippen LogP contribution in [0.2, 0.25) is 0 Å². The lowest BCUT2D eigenvalue weighted by Gasteiger charge is -2.12. The summed E-state index contributed by atoms with van der Waals surface area (Å²) in [6.45, 7) is 1.04. The summed E-state index contributed by atoms with van der Waals surface area (Å²) in [5.41, 5.74) is 5.00. The molecule has 4 nitrogen and oxygen atoms in total. The van der Waals surface area contributed by atoms with Crippen LogP contribution in [0, 0.1) is 3.57 Å². The monoisotopic (exact) mass is 472 g/mol. The van der Waals surface area contributed by atoms with E-state index in [1.165, 1.54) is 3.57 Å². The Bertz CT molecular complexity index is 896. The average Bonchev–Trinajstić information content (AvgIpc) is 2.70. The predicted octanol–water partition coefficient (Wildman–Crippen LogP) is 4.47. The number of rotatable bonds is 7. The highest BCUT2D eigenvalue weighted by molar-refractivity contribution is 14.1. The highest BCUT2D eigenvalue weighted by Gasteiger charge is 2.11. The number of hydrogen-bond acceptors (Lipinski definition) is 3. The maximum absolute atomic E-state index is 12.5. The molecule has 0 saturated carbocycles. The molecule has 3 rings (SSSR count). The van der Waals surface area contributed by atoms with Crippen molar-refractivity contribution in [3.63, 3.8) is 0 Å². The van der Waals surface area contributed by atoms with E-state index < -0.39 is 0 Å². The summed E-state index contributed by atoms with van der Waals surface area (Å²) in [7, 11) is 1.67. The van der Waals surface area contributed by atoms with Crippen LogP contribution in [0.25, 0.3) is 11.1 Å². The predicted molar refractivity (Wildman–Crippen MR) is 116 cm³/mol. The summed E-state index contributed by atoms with van der Waals surface area (Å²) in [5, 5.41) is 2.98. The highest BCUT2D eigenvalue weighted by atomic mass is 127. The second-order valence-electron chi connectivity index (χ2n) is 6.17. The van der Waals surface area contributed by atoms with E-state index in [-0.39, 0.29) is 5.91 Å². The van der Waals surface area contributed by atoms with E-state index >= 15 is 0 Å². The topological polar surface area (TPSA) is 51.2 Å². The van der Waals surface area contributed by atoms with Crippen molar-refractivity contribution in [3.05, 3.63) is 87.3 Å². The number of ether oxygens (including phenoxy) is 1. The second-order valence-corrected chi connectivity index (χ2v) is 7.42. The lowest BCUT2D eigenvalue weighted by atomic mass is 9.97. The first-order chi connectivity index (χ1) is 13.2. The molecule has 1 aromatic heterocycles. The van der Waals surface area contributed by atoms with Crippen LogP contribution in [0.1, 0.15) is 21.5 Å². The molecule has 2 aromatic carbocycles. The molecule has 1 N–H and O–H groups in total. The van der Waals surface area contributed by atoms with Gasteiger partial charge in [-0.15, -0.1) is 0 Å². The van der Waals surface area contributed by atoms with Crippen LogP contribution in [0.5, 0.6) is 0 Å².